The number of nitrogens with one attached hydrogen (secondary N) is 2. The highest BCUT2D eigenvalue weighted by Crippen LogP contribution is 2.22. The lowest BCUT2D eigenvalue weighted by Gasteiger charge is -2.35. The lowest BCUT2D eigenvalue weighted by Crippen LogP contribution is -2.53. The Hall–Kier alpha value is -0.210. The third kappa shape index (κ3) is 5.49. The molecule has 1 aliphatic carbocycles. The van der Waals surface area contributed by atoms with Crippen LogP contribution in [0.15, 0.2) is 0 Å². The van der Waals surface area contributed by atoms with Crippen LogP contribution in [0.1, 0.15) is 39.0 Å². The zero-order valence-electron chi connectivity index (χ0n) is 13.2. The van der Waals surface area contributed by atoms with Crippen molar-refractivity contribution in [3.05, 3.63) is 0 Å². The first-order chi connectivity index (χ1) is 10.0. The Kier molecular flexibility index (Phi) is 6.43. The van der Waals surface area contributed by atoms with Crippen molar-refractivity contribution < 1.29 is 13.2 Å². The molecule has 2 rings (SSSR count). The summed E-state index contributed by atoms with van der Waals surface area (Å²) in [5.74, 6) is 0.178. The van der Waals surface area contributed by atoms with Crippen LogP contribution in [-0.4, -0.2) is 58.2 Å². The van der Waals surface area contributed by atoms with E-state index in [1.807, 2.05) is 6.92 Å². The van der Waals surface area contributed by atoms with E-state index in [1.54, 1.807) is 11.4 Å². The van der Waals surface area contributed by atoms with Crippen molar-refractivity contribution in [1.29, 1.82) is 0 Å². The number of hydrogen-bond donors (Lipinski definition) is 2. The molecule has 0 aromatic carbocycles. The van der Waals surface area contributed by atoms with Gasteiger partial charge in [0.15, 0.2) is 0 Å². The van der Waals surface area contributed by atoms with Crippen molar-refractivity contribution in [3.63, 3.8) is 0 Å². The molecule has 1 aliphatic heterocycles. The van der Waals surface area contributed by atoms with Gasteiger partial charge in [0.2, 0.25) is 0 Å². The fraction of sp³-hybridized carbons (Fsp3) is 1.00. The average Bonchev–Trinajstić information content (AvgIpc) is 3.28. The molecule has 2 aliphatic rings. The maximum atomic E-state index is 12.5. The van der Waals surface area contributed by atoms with Crippen molar-refractivity contribution in [2.45, 2.75) is 51.1 Å². The van der Waals surface area contributed by atoms with E-state index in [-0.39, 0.29) is 12.0 Å². The molecule has 0 radical (unpaired) electrons. The summed E-state index contributed by atoms with van der Waals surface area (Å²) in [6, 6.07) is 0.709. The molecule has 6 nitrogen and oxygen atoms in total. The molecule has 21 heavy (non-hydrogen) atoms. The maximum absolute atomic E-state index is 12.5. The van der Waals surface area contributed by atoms with Gasteiger partial charge in [-0.15, -0.1) is 0 Å². The van der Waals surface area contributed by atoms with Crippen LogP contribution in [0.2, 0.25) is 0 Å². The molecule has 2 atom stereocenters. The highest BCUT2D eigenvalue weighted by molar-refractivity contribution is 7.87. The summed E-state index contributed by atoms with van der Waals surface area (Å²) in [4.78, 5) is 0. The predicted octanol–water partition coefficient (Wildman–Crippen LogP) is 0.710. The number of ether oxygens (including phenoxy) is 1. The van der Waals surface area contributed by atoms with E-state index in [0.717, 1.165) is 25.8 Å². The van der Waals surface area contributed by atoms with Crippen molar-refractivity contribution in [1.82, 2.24) is 14.3 Å². The number of methoxy groups -OCH3 is 1. The van der Waals surface area contributed by atoms with Crippen molar-refractivity contribution in [3.8, 4) is 0 Å². The smallest absolute Gasteiger partial charge is 0.279 e. The molecule has 0 bridgehead atoms. The summed E-state index contributed by atoms with van der Waals surface area (Å²) >= 11 is 0. The highest BCUT2D eigenvalue weighted by Gasteiger charge is 2.33. The van der Waals surface area contributed by atoms with Gasteiger partial charge in [-0.25, -0.2) is 4.72 Å². The lowest BCUT2D eigenvalue weighted by atomic mass is 10.1. The van der Waals surface area contributed by atoms with Crippen LogP contribution in [0.3, 0.4) is 0 Å². The molecule has 1 heterocycles. The summed E-state index contributed by atoms with van der Waals surface area (Å²) in [5.41, 5.74) is 0. The van der Waals surface area contributed by atoms with Crippen LogP contribution < -0.4 is 10.0 Å². The second-order valence-electron chi connectivity index (χ2n) is 6.36. The first-order valence-corrected chi connectivity index (χ1v) is 9.45. The van der Waals surface area contributed by atoms with Gasteiger partial charge in [-0.1, -0.05) is 13.3 Å². The van der Waals surface area contributed by atoms with Gasteiger partial charge >= 0.3 is 0 Å². The monoisotopic (exact) mass is 319 g/mol. The van der Waals surface area contributed by atoms with Gasteiger partial charge in [-0.3, -0.25) is 0 Å². The molecule has 1 saturated carbocycles. The second kappa shape index (κ2) is 7.87. The molecule has 2 fully saturated rings. The third-order valence-electron chi connectivity index (χ3n) is 4.17. The zero-order chi connectivity index (χ0) is 15.3. The van der Waals surface area contributed by atoms with E-state index in [0.29, 0.717) is 25.7 Å². The van der Waals surface area contributed by atoms with Crippen LogP contribution >= 0.6 is 0 Å². The van der Waals surface area contributed by atoms with E-state index >= 15 is 0 Å². The normalized spacial score (nSPS) is 25.9. The zero-order valence-corrected chi connectivity index (χ0v) is 14.0. The number of nitrogens with zero attached hydrogens (tertiary/aromatic N) is 1. The Morgan fingerprint density at radius 3 is 2.71 bits per heavy atom. The topological polar surface area (TPSA) is 70.7 Å². The van der Waals surface area contributed by atoms with Crippen LogP contribution in [0.5, 0.6) is 0 Å². The summed E-state index contributed by atoms with van der Waals surface area (Å²) in [5, 5.41) is 3.46. The Balaban J connectivity index is 1.87. The quantitative estimate of drug-likeness (QED) is 0.657. The number of rotatable bonds is 9. The van der Waals surface area contributed by atoms with Crippen molar-refractivity contribution in [2.75, 3.05) is 33.4 Å². The minimum atomic E-state index is -3.39. The van der Waals surface area contributed by atoms with Crippen molar-refractivity contribution >= 4 is 10.2 Å². The van der Waals surface area contributed by atoms with Crippen LogP contribution in [0.25, 0.3) is 0 Å². The first kappa shape index (κ1) is 17.1. The van der Waals surface area contributed by atoms with Gasteiger partial charge in [-0.2, -0.15) is 12.7 Å². The molecule has 2 N–H and O–H groups in total. The minimum absolute atomic E-state index is 0.0922. The molecule has 7 heteroatoms. The van der Waals surface area contributed by atoms with Gasteiger partial charge in [0.25, 0.3) is 10.2 Å². The van der Waals surface area contributed by atoms with E-state index in [4.69, 9.17) is 4.74 Å². The maximum Gasteiger partial charge on any atom is 0.279 e. The largest absolute Gasteiger partial charge is 0.384 e. The molecular weight excluding hydrogens is 290 g/mol. The second-order valence-corrected chi connectivity index (χ2v) is 8.06. The van der Waals surface area contributed by atoms with Gasteiger partial charge in [0.05, 0.1) is 0 Å². The van der Waals surface area contributed by atoms with Crippen LogP contribution in [0, 0.1) is 5.92 Å². The average molecular weight is 319 g/mol. The van der Waals surface area contributed by atoms with E-state index < -0.39 is 10.2 Å². The van der Waals surface area contributed by atoms with E-state index in [2.05, 4.69) is 10.0 Å². The molecule has 0 spiro atoms. The summed E-state index contributed by atoms with van der Waals surface area (Å²) < 4.78 is 34.5. The Morgan fingerprint density at radius 1 is 1.29 bits per heavy atom. The van der Waals surface area contributed by atoms with Gasteiger partial charge in [0, 0.05) is 45.4 Å². The van der Waals surface area contributed by atoms with Gasteiger partial charge < -0.3 is 10.1 Å². The fourth-order valence-electron chi connectivity index (χ4n) is 2.76. The van der Waals surface area contributed by atoms with Crippen molar-refractivity contribution in [2.24, 2.45) is 5.92 Å². The molecule has 0 aromatic rings. The lowest BCUT2D eigenvalue weighted by molar-refractivity contribution is 0.160. The standard InChI is InChI=1S/C14H29N3O3S/c1-12(11-20-2)9-16-21(18,19)17-8-4-3-5-14(17)10-15-13-6-7-13/h12-16H,3-11H2,1-2H3. The predicted molar refractivity (Wildman–Crippen MR) is 83.3 cm³/mol. The third-order valence-corrected chi connectivity index (χ3v) is 5.80. The summed E-state index contributed by atoms with van der Waals surface area (Å²) in [6.07, 6.45) is 5.48. The van der Waals surface area contributed by atoms with E-state index in [9.17, 15) is 8.42 Å². The number of hydrogen-bond acceptors (Lipinski definition) is 4. The molecule has 0 aromatic heterocycles. The first-order valence-electron chi connectivity index (χ1n) is 8.01. The molecule has 2 unspecified atom stereocenters. The molecule has 124 valence electrons. The van der Waals surface area contributed by atoms with E-state index in [1.165, 1.54) is 12.8 Å². The Morgan fingerprint density at radius 2 is 2.05 bits per heavy atom. The van der Waals surface area contributed by atoms with Gasteiger partial charge in [0.1, 0.15) is 0 Å². The SMILES string of the molecule is COCC(C)CNS(=O)(=O)N1CCCCC1CNC1CC1. The summed E-state index contributed by atoms with van der Waals surface area (Å²) in [6.45, 7) is 4.38. The number of piperidine rings is 1. The fourth-order valence-corrected chi connectivity index (χ4v) is 4.36. The van der Waals surface area contributed by atoms with Crippen LogP contribution in [0.4, 0.5) is 0 Å². The molecular formula is C14H29N3O3S. The molecule has 0 amide bonds. The highest BCUT2D eigenvalue weighted by atomic mass is 32.2. The molecule has 1 saturated heterocycles. The summed E-state index contributed by atoms with van der Waals surface area (Å²) in [7, 11) is -1.75. The minimum Gasteiger partial charge on any atom is -0.384 e. The van der Waals surface area contributed by atoms with Crippen LogP contribution in [-0.2, 0) is 14.9 Å². The Bertz CT molecular complexity index is 412. The van der Waals surface area contributed by atoms with Gasteiger partial charge in [-0.05, 0) is 31.6 Å². The Labute approximate surface area is 128 Å².